The van der Waals surface area contributed by atoms with E-state index in [9.17, 15) is 9.18 Å². The average Bonchev–Trinajstić information content (AvgIpc) is 2.58. The fourth-order valence-corrected chi connectivity index (χ4v) is 2.11. The van der Waals surface area contributed by atoms with E-state index in [4.69, 9.17) is 4.74 Å². The Hall–Kier alpha value is -1.58. The maximum Gasteiger partial charge on any atom is 0.220 e. The minimum atomic E-state index is -0.383. The summed E-state index contributed by atoms with van der Waals surface area (Å²) in [5.74, 6) is -0.0816. The average molecular weight is 223 g/mol. The quantitative estimate of drug-likeness (QED) is 0.830. The smallest absolute Gasteiger partial charge is 0.220 e. The zero-order valence-corrected chi connectivity index (χ0v) is 9.29. The second kappa shape index (κ2) is 4.12. The molecule has 0 bridgehead atoms. The zero-order chi connectivity index (χ0) is 11.7. The fraction of sp³-hybridized carbons (Fsp3) is 0.417. The molecule has 1 aliphatic heterocycles. The van der Waals surface area contributed by atoms with Crippen LogP contribution in [0.4, 0.5) is 4.39 Å². The van der Waals surface area contributed by atoms with Crippen LogP contribution < -0.4 is 10.1 Å². The highest BCUT2D eigenvalue weighted by atomic mass is 19.1. The standard InChI is InChI=1S/C12H14FNO2/c1-7-9(6-12(15)14-7)8-3-4-11(16-2)10(13)5-8/h3-5,7,9H,6H2,1-2H3,(H,14,15). The summed E-state index contributed by atoms with van der Waals surface area (Å²) in [4.78, 5) is 11.2. The van der Waals surface area contributed by atoms with Crippen LogP contribution in [0.1, 0.15) is 24.8 Å². The first-order valence-corrected chi connectivity index (χ1v) is 5.24. The van der Waals surface area contributed by atoms with Crippen LogP contribution >= 0.6 is 0 Å². The van der Waals surface area contributed by atoms with Gasteiger partial charge in [0.1, 0.15) is 0 Å². The van der Waals surface area contributed by atoms with Crippen molar-refractivity contribution >= 4 is 5.91 Å². The van der Waals surface area contributed by atoms with Gasteiger partial charge in [-0.15, -0.1) is 0 Å². The monoisotopic (exact) mass is 223 g/mol. The summed E-state index contributed by atoms with van der Waals surface area (Å²) in [6, 6.07) is 4.91. The Labute approximate surface area is 93.6 Å². The molecule has 2 unspecified atom stereocenters. The SMILES string of the molecule is COc1ccc(C2CC(=O)NC2C)cc1F. The van der Waals surface area contributed by atoms with Gasteiger partial charge in [0.2, 0.25) is 5.91 Å². The topological polar surface area (TPSA) is 38.3 Å². The van der Waals surface area contributed by atoms with Gasteiger partial charge in [-0.3, -0.25) is 4.79 Å². The number of halogens is 1. The molecule has 2 atom stereocenters. The van der Waals surface area contributed by atoms with Crippen LogP contribution in [0, 0.1) is 5.82 Å². The van der Waals surface area contributed by atoms with E-state index in [2.05, 4.69) is 5.32 Å². The van der Waals surface area contributed by atoms with Gasteiger partial charge in [0.15, 0.2) is 11.6 Å². The number of methoxy groups -OCH3 is 1. The highest BCUT2D eigenvalue weighted by Gasteiger charge is 2.30. The van der Waals surface area contributed by atoms with Crippen molar-refractivity contribution in [2.24, 2.45) is 0 Å². The third kappa shape index (κ3) is 1.87. The molecule has 0 spiro atoms. The first-order valence-electron chi connectivity index (χ1n) is 5.24. The van der Waals surface area contributed by atoms with Gasteiger partial charge in [-0.2, -0.15) is 0 Å². The molecular formula is C12H14FNO2. The van der Waals surface area contributed by atoms with E-state index in [1.165, 1.54) is 13.2 Å². The Morgan fingerprint density at radius 3 is 2.75 bits per heavy atom. The Morgan fingerprint density at radius 2 is 2.25 bits per heavy atom. The molecule has 2 rings (SSSR count). The lowest BCUT2D eigenvalue weighted by Gasteiger charge is -2.15. The second-order valence-electron chi connectivity index (χ2n) is 4.06. The Bertz CT molecular complexity index is 419. The summed E-state index contributed by atoms with van der Waals surface area (Å²) in [6.07, 6.45) is 0.424. The van der Waals surface area contributed by atoms with Gasteiger partial charge < -0.3 is 10.1 Å². The normalized spacial score (nSPS) is 24.3. The molecule has 0 aromatic heterocycles. The number of hydrogen-bond donors (Lipinski definition) is 1. The molecule has 3 nitrogen and oxygen atoms in total. The van der Waals surface area contributed by atoms with Crippen molar-refractivity contribution in [2.75, 3.05) is 7.11 Å². The molecule has 4 heteroatoms. The van der Waals surface area contributed by atoms with Crippen molar-refractivity contribution in [2.45, 2.75) is 25.3 Å². The van der Waals surface area contributed by atoms with Crippen LogP contribution in [0.25, 0.3) is 0 Å². The van der Waals surface area contributed by atoms with Gasteiger partial charge in [-0.25, -0.2) is 4.39 Å². The summed E-state index contributed by atoms with van der Waals surface area (Å²) in [7, 11) is 1.43. The van der Waals surface area contributed by atoms with Gasteiger partial charge in [0, 0.05) is 18.4 Å². The molecule has 16 heavy (non-hydrogen) atoms. The van der Waals surface area contributed by atoms with Gasteiger partial charge in [-0.05, 0) is 24.6 Å². The van der Waals surface area contributed by atoms with Gasteiger partial charge >= 0.3 is 0 Å². The molecule has 1 heterocycles. The molecule has 0 saturated carbocycles. The predicted molar refractivity (Wildman–Crippen MR) is 57.9 cm³/mol. The maximum absolute atomic E-state index is 13.5. The van der Waals surface area contributed by atoms with E-state index < -0.39 is 0 Å². The highest BCUT2D eigenvalue weighted by molar-refractivity contribution is 5.80. The minimum Gasteiger partial charge on any atom is -0.494 e. The van der Waals surface area contributed by atoms with Crippen molar-refractivity contribution < 1.29 is 13.9 Å². The van der Waals surface area contributed by atoms with E-state index in [0.717, 1.165) is 5.56 Å². The molecule has 1 fully saturated rings. The van der Waals surface area contributed by atoms with Crippen LogP contribution in [0.3, 0.4) is 0 Å². The number of carbonyl (C=O) groups excluding carboxylic acids is 1. The summed E-state index contributed by atoms with van der Waals surface area (Å²) >= 11 is 0. The molecule has 1 aromatic carbocycles. The zero-order valence-electron chi connectivity index (χ0n) is 9.29. The summed E-state index contributed by atoms with van der Waals surface area (Å²) in [5, 5.41) is 2.82. The molecular weight excluding hydrogens is 209 g/mol. The van der Waals surface area contributed by atoms with E-state index in [1.54, 1.807) is 6.07 Å². The number of amides is 1. The van der Waals surface area contributed by atoms with Crippen LogP contribution in [0.15, 0.2) is 18.2 Å². The van der Waals surface area contributed by atoms with Crippen molar-refractivity contribution in [1.82, 2.24) is 5.32 Å². The van der Waals surface area contributed by atoms with Gasteiger partial charge in [-0.1, -0.05) is 6.07 Å². The molecule has 86 valence electrons. The predicted octanol–water partition coefficient (Wildman–Crippen LogP) is 1.83. The van der Waals surface area contributed by atoms with Crippen LogP contribution in [0.2, 0.25) is 0 Å². The van der Waals surface area contributed by atoms with Crippen molar-refractivity contribution in [3.8, 4) is 5.75 Å². The van der Waals surface area contributed by atoms with E-state index in [1.807, 2.05) is 13.0 Å². The first-order chi connectivity index (χ1) is 7.61. The molecule has 1 N–H and O–H groups in total. The van der Waals surface area contributed by atoms with E-state index in [-0.39, 0.29) is 29.4 Å². The van der Waals surface area contributed by atoms with Crippen LogP contribution in [-0.2, 0) is 4.79 Å². The summed E-state index contributed by atoms with van der Waals surface area (Å²) in [5.41, 5.74) is 0.837. The van der Waals surface area contributed by atoms with Crippen LogP contribution in [0.5, 0.6) is 5.75 Å². The number of ether oxygens (including phenoxy) is 1. The maximum atomic E-state index is 13.5. The lowest BCUT2D eigenvalue weighted by atomic mass is 9.93. The molecule has 0 radical (unpaired) electrons. The number of hydrogen-bond acceptors (Lipinski definition) is 2. The first kappa shape index (κ1) is 10.9. The molecule has 1 amide bonds. The third-order valence-corrected chi connectivity index (χ3v) is 3.00. The molecule has 1 aliphatic rings. The number of nitrogens with one attached hydrogen (secondary N) is 1. The third-order valence-electron chi connectivity index (χ3n) is 3.00. The Kier molecular flexibility index (Phi) is 2.81. The lowest BCUT2D eigenvalue weighted by molar-refractivity contribution is -0.119. The van der Waals surface area contributed by atoms with Crippen molar-refractivity contribution in [3.05, 3.63) is 29.6 Å². The van der Waals surface area contributed by atoms with Crippen LogP contribution in [-0.4, -0.2) is 19.1 Å². The Balaban J connectivity index is 2.28. The Morgan fingerprint density at radius 1 is 1.50 bits per heavy atom. The molecule has 1 saturated heterocycles. The van der Waals surface area contributed by atoms with Gasteiger partial charge in [0.05, 0.1) is 7.11 Å². The summed E-state index contributed by atoms with van der Waals surface area (Å²) < 4.78 is 18.4. The number of rotatable bonds is 2. The lowest BCUT2D eigenvalue weighted by Crippen LogP contribution is -2.24. The van der Waals surface area contributed by atoms with E-state index in [0.29, 0.717) is 6.42 Å². The second-order valence-corrected chi connectivity index (χ2v) is 4.06. The largest absolute Gasteiger partial charge is 0.494 e. The highest BCUT2D eigenvalue weighted by Crippen LogP contribution is 2.30. The molecule has 1 aromatic rings. The number of benzene rings is 1. The van der Waals surface area contributed by atoms with Gasteiger partial charge in [0.25, 0.3) is 0 Å². The molecule has 0 aliphatic carbocycles. The van der Waals surface area contributed by atoms with Crippen molar-refractivity contribution in [1.29, 1.82) is 0 Å². The number of carbonyl (C=O) groups is 1. The van der Waals surface area contributed by atoms with Crippen molar-refractivity contribution in [3.63, 3.8) is 0 Å². The fourth-order valence-electron chi connectivity index (χ4n) is 2.11. The minimum absolute atomic E-state index is 0.0220. The summed E-state index contributed by atoms with van der Waals surface area (Å²) in [6.45, 7) is 1.93. The van der Waals surface area contributed by atoms with E-state index >= 15 is 0 Å².